The Kier molecular flexibility index (Phi) is 4.27. The van der Waals surface area contributed by atoms with Gasteiger partial charge in [-0.2, -0.15) is 5.26 Å². The van der Waals surface area contributed by atoms with Crippen LogP contribution in [0.2, 0.25) is 0 Å². The molecule has 0 aromatic carbocycles. The zero-order chi connectivity index (χ0) is 14.7. The molecular formula is C16H21N3OS. The van der Waals surface area contributed by atoms with Crippen LogP contribution in [-0.2, 0) is 17.8 Å². The first-order valence-electron chi connectivity index (χ1n) is 7.71. The quantitative estimate of drug-likeness (QED) is 0.933. The van der Waals surface area contributed by atoms with Gasteiger partial charge < -0.3 is 5.32 Å². The smallest absolute Gasteiger partial charge is 0.235 e. The van der Waals surface area contributed by atoms with Gasteiger partial charge >= 0.3 is 0 Å². The highest BCUT2D eigenvalue weighted by Gasteiger charge is 2.34. The molecule has 1 saturated carbocycles. The molecule has 4 nitrogen and oxygen atoms in total. The normalized spacial score (nSPS) is 21.3. The van der Waals surface area contributed by atoms with Crippen molar-refractivity contribution in [3.8, 4) is 6.07 Å². The van der Waals surface area contributed by atoms with Crippen molar-refractivity contribution in [3.05, 3.63) is 21.9 Å². The molecule has 0 spiro atoms. The molecule has 1 fully saturated rings. The average Bonchev–Trinajstić information content (AvgIpc) is 2.95. The fraction of sp³-hybridized carbons (Fsp3) is 0.625. The lowest BCUT2D eigenvalue weighted by Crippen LogP contribution is -2.52. The lowest BCUT2D eigenvalue weighted by molar-refractivity contribution is -0.124. The van der Waals surface area contributed by atoms with Crippen molar-refractivity contribution < 1.29 is 4.79 Å². The standard InChI is InChI=1S/C16H21N3OS/c17-12-16(6-2-1-3-7-16)18-15(20)11-19-8-4-14-13(10-19)5-9-21-14/h5,9H,1-4,6-8,10-11H2,(H,18,20). The summed E-state index contributed by atoms with van der Waals surface area (Å²) in [6, 6.07) is 4.50. The SMILES string of the molecule is N#CC1(NC(=O)CN2CCc3sccc3C2)CCCCC1. The summed E-state index contributed by atoms with van der Waals surface area (Å²) in [5.74, 6) is -0.00266. The van der Waals surface area contributed by atoms with E-state index in [4.69, 9.17) is 0 Å². The van der Waals surface area contributed by atoms with Crippen LogP contribution < -0.4 is 5.32 Å². The maximum absolute atomic E-state index is 12.3. The van der Waals surface area contributed by atoms with Crippen LogP contribution in [0.15, 0.2) is 11.4 Å². The molecule has 1 aliphatic carbocycles. The summed E-state index contributed by atoms with van der Waals surface area (Å²) in [4.78, 5) is 15.9. The largest absolute Gasteiger partial charge is 0.337 e. The van der Waals surface area contributed by atoms with E-state index in [9.17, 15) is 10.1 Å². The van der Waals surface area contributed by atoms with E-state index in [1.807, 2.05) is 11.3 Å². The Hall–Kier alpha value is -1.38. The molecule has 1 aromatic rings. The first-order chi connectivity index (χ1) is 10.2. The number of hydrogen-bond acceptors (Lipinski definition) is 4. The highest BCUT2D eigenvalue weighted by Crippen LogP contribution is 2.28. The van der Waals surface area contributed by atoms with Gasteiger partial charge in [0.2, 0.25) is 5.91 Å². The zero-order valence-electron chi connectivity index (χ0n) is 12.2. The second-order valence-corrected chi connectivity index (χ2v) is 7.13. The van der Waals surface area contributed by atoms with Crippen molar-refractivity contribution in [2.75, 3.05) is 13.1 Å². The topological polar surface area (TPSA) is 56.1 Å². The van der Waals surface area contributed by atoms with Crippen molar-refractivity contribution in [2.45, 2.75) is 50.6 Å². The number of nitrogens with one attached hydrogen (secondary N) is 1. The molecule has 1 N–H and O–H groups in total. The predicted molar refractivity (Wildman–Crippen MR) is 82.9 cm³/mol. The lowest BCUT2D eigenvalue weighted by Gasteiger charge is -2.33. The molecule has 5 heteroatoms. The van der Waals surface area contributed by atoms with Gasteiger partial charge in [-0.3, -0.25) is 9.69 Å². The molecule has 1 aromatic heterocycles. The highest BCUT2D eigenvalue weighted by molar-refractivity contribution is 7.10. The van der Waals surface area contributed by atoms with Crippen LogP contribution in [0.25, 0.3) is 0 Å². The van der Waals surface area contributed by atoms with Crippen LogP contribution in [0.4, 0.5) is 0 Å². The molecule has 112 valence electrons. The molecular weight excluding hydrogens is 282 g/mol. The Balaban J connectivity index is 1.56. The molecule has 0 radical (unpaired) electrons. The van der Waals surface area contributed by atoms with E-state index in [1.165, 1.54) is 16.9 Å². The van der Waals surface area contributed by atoms with Gasteiger partial charge in [0, 0.05) is 18.0 Å². The summed E-state index contributed by atoms with van der Waals surface area (Å²) in [5, 5.41) is 14.6. The second-order valence-electron chi connectivity index (χ2n) is 6.13. The van der Waals surface area contributed by atoms with Crippen LogP contribution in [0.5, 0.6) is 0 Å². The van der Waals surface area contributed by atoms with Gasteiger partial charge in [-0.25, -0.2) is 0 Å². The van der Waals surface area contributed by atoms with Crippen LogP contribution >= 0.6 is 11.3 Å². The fourth-order valence-electron chi connectivity index (χ4n) is 3.37. The van der Waals surface area contributed by atoms with Crippen LogP contribution in [-0.4, -0.2) is 29.4 Å². The Morgan fingerprint density at radius 2 is 2.24 bits per heavy atom. The number of thiophene rings is 1. The number of nitrogens with zero attached hydrogens (tertiary/aromatic N) is 2. The summed E-state index contributed by atoms with van der Waals surface area (Å²) in [6.45, 7) is 2.19. The Labute approximate surface area is 129 Å². The zero-order valence-corrected chi connectivity index (χ0v) is 13.0. The molecule has 0 atom stereocenters. The first kappa shape index (κ1) is 14.6. The van der Waals surface area contributed by atoms with Gasteiger partial charge in [0.05, 0.1) is 12.6 Å². The van der Waals surface area contributed by atoms with E-state index in [1.54, 1.807) is 0 Å². The van der Waals surface area contributed by atoms with E-state index in [2.05, 4.69) is 27.7 Å². The third-order valence-corrected chi connectivity index (χ3v) is 5.58. The van der Waals surface area contributed by atoms with Crippen LogP contribution in [0.1, 0.15) is 42.5 Å². The van der Waals surface area contributed by atoms with E-state index < -0.39 is 5.54 Å². The van der Waals surface area contributed by atoms with Gasteiger partial charge in [0.1, 0.15) is 5.54 Å². The van der Waals surface area contributed by atoms with E-state index in [-0.39, 0.29) is 5.91 Å². The molecule has 1 aliphatic heterocycles. The number of amides is 1. The number of fused-ring (bicyclic) bond motifs is 1. The summed E-state index contributed by atoms with van der Waals surface area (Å²) in [7, 11) is 0. The van der Waals surface area contributed by atoms with E-state index >= 15 is 0 Å². The Bertz CT molecular complexity index is 554. The molecule has 2 heterocycles. The third kappa shape index (κ3) is 3.28. The third-order valence-electron chi connectivity index (χ3n) is 4.55. The Morgan fingerprint density at radius 3 is 3.00 bits per heavy atom. The number of carbonyl (C=O) groups excluding carboxylic acids is 1. The minimum atomic E-state index is -0.612. The van der Waals surface area contributed by atoms with Crippen molar-refractivity contribution in [1.82, 2.24) is 10.2 Å². The molecule has 3 rings (SSSR count). The fourth-order valence-corrected chi connectivity index (χ4v) is 4.26. The van der Waals surface area contributed by atoms with Gasteiger partial charge in [0.15, 0.2) is 0 Å². The monoisotopic (exact) mass is 303 g/mol. The highest BCUT2D eigenvalue weighted by atomic mass is 32.1. The molecule has 0 unspecified atom stereocenters. The van der Waals surface area contributed by atoms with Gasteiger partial charge in [-0.05, 0) is 36.3 Å². The van der Waals surface area contributed by atoms with Crippen molar-refractivity contribution in [2.24, 2.45) is 0 Å². The summed E-state index contributed by atoms with van der Waals surface area (Å²) < 4.78 is 0. The average molecular weight is 303 g/mol. The summed E-state index contributed by atoms with van der Waals surface area (Å²) in [6.07, 6.45) is 5.87. The number of rotatable bonds is 3. The van der Waals surface area contributed by atoms with E-state index in [0.717, 1.165) is 45.2 Å². The molecule has 0 bridgehead atoms. The molecule has 21 heavy (non-hydrogen) atoms. The number of carbonyl (C=O) groups is 1. The van der Waals surface area contributed by atoms with Gasteiger partial charge in [0.25, 0.3) is 0 Å². The number of nitriles is 1. The lowest BCUT2D eigenvalue weighted by atomic mass is 9.83. The minimum absolute atomic E-state index is 0.00266. The van der Waals surface area contributed by atoms with E-state index in [0.29, 0.717) is 6.54 Å². The van der Waals surface area contributed by atoms with Gasteiger partial charge in [-0.15, -0.1) is 11.3 Å². The number of hydrogen-bond donors (Lipinski definition) is 1. The second kappa shape index (κ2) is 6.17. The van der Waals surface area contributed by atoms with Crippen molar-refractivity contribution >= 4 is 17.2 Å². The first-order valence-corrected chi connectivity index (χ1v) is 8.59. The molecule has 2 aliphatic rings. The van der Waals surface area contributed by atoms with Crippen molar-refractivity contribution in [3.63, 3.8) is 0 Å². The Morgan fingerprint density at radius 1 is 1.43 bits per heavy atom. The maximum atomic E-state index is 12.3. The van der Waals surface area contributed by atoms with Crippen LogP contribution in [0, 0.1) is 11.3 Å². The molecule has 1 amide bonds. The van der Waals surface area contributed by atoms with Gasteiger partial charge in [-0.1, -0.05) is 19.3 Å². The minimum Gasteiger partial charge on any atom is -0.337 e. The van der Waals surface area contributed by atoms with Crippen molar-refractivity contribution in [1.29, 1.82) is 5.26 Å². The predicted octanol–water partition coefficient (Wildman–Crippen LogP) is 2.45. The summed E-state index contributed by atoms with van der Waals surface area (Å²) >= 11 is 1.81. The summed E-state index contributed by atoms with van der Waals surface area (Å²) in [5.41, 5.74) is 0.741. The van der Waals surface area contributed by atoms with Crippen LogP contribution in [0.3, 0.4) is 0 Å². The maximum Gasteiger partial charge on any atom is 0.235 e. The molecule has 0 saturated heterocycles.